The molecule has 6 nitrogen and oxygen atoms in total. The lowest BCUT2D eigenvalue weighted by Gasteiger charge is -2.28. The van der Waals surface area contributed by atoms with Crippen LogP contribution in [0.5, 0.6) is 0 Å². The number of ether oxygens (including phenoxy) is 1. The predicted molar refractivity (Wildman–Crippen MR) is 113 cm³/mol. The van der Waals surface area contributed by atoms with Crippen molar-refractivity contribution in [2.24, 2.45) is 0 Å². The maximum atomic E-state index is 5.89. The average molecular weight is 409 g/mol. The number of thiocarbonyl (C=S) groups is 1. The fourth-order valence-electron chi connectivity index (χ4n) is 4.34. The van der Waals surface area contributed by atoms with Gasteiger partial charge in [0.25, 0.3) is 0 Å². The van der Waals surface area contributed by atoms with Crippen molar-refractivity contribution in [3.63, 3.8) is 0 Å². The van der Waals surface area contributed by atoms with Gasteiger partial charge in [-0.1, -0.05) is 6.07 Å². The second kappa shape index (κ2) is 8.00. The number of aromatic nitrogens is 2. The molecule has 7 heteroatoms. The third-order valence-electron chi connectivity index (χ3n) is 5.70. The minimum absolute atomic E-state index is 0.0129. The van der Waals surface area contributed by atoms with Crippen LogP contribution in [0.3, 0.4) is 0 Å². The summed E-state index contributed by atoms with van der Waals surface area (Å²) in [6, 6.07) is 14.2. The van der Waals surface area contributed by atoms with E-state index in [1.807, 2.05) is 30.5 Å². The van der Waals surface area contributed by atoms with Crippen LogP contribution in [0.1, 0.15) is 42.1 Å². The lowest BCUT2D eigenvalue weighted by molar-refractivity contribution is 0.0952. The van der Waals surface area contributed by atoms with E-state index in [1.54, 1.807) is 6.26 Å². The van der Waals surface area contributed by atoms with Crippen LogP contribution in [0.4, 0.5) is 0 Å². The maximum absolute atomic E-state index is 5.89. The first-order valence-corrected chi connectivity index (χ1v) is 10.5. The van der Waals surface area contributed by atoms with E-state index >= 15 is 0 Å². The van der Waals surface area contributed by atoms with Crippen LogP contribution in [0.25, 0.3) is 0 Å². The number of rotatable bonds is 6. The lowest BCUT2D eigenvalue weighted by Crippen LogP contribution is -2.30. The molecule has 2 fully saturated rings. The van der Waals surface area contributed by atoms with Gasteiger partial charge in [0, 0.05) is 31.2 Å². The number of furan rings is 1. The number of nitrogens with zero attached hydrogens (tertiary/aromatic N) is 3. The molecule has 2 saturated heterocycles. The smallest absolute Gasteiger partial charge is 0.170 e. The first-order valence-electron chi connectivity index (χ1n) is 10.1. The Bertz CT molecular complexity index is 950. The van der Waals surface area contributed by atoms with Crippen molar-refractivity contribution >= 4 is 17.3 Å². The zero-order valence-electron chi connectivity index (χ0n) is 16.1. The summed E-state index contributed by atoms with van der Waals surface area (Å²) < 4.78 is 13.8. The Morgan fingerprint density at radius 2 is 2.14 bits per heavy atom. The first-order chi connectivity index (χ1) is 14.3. The molecule has 3 aromatic heterocycles. The molecule has 0 radical (unpaired) electrons. The monoisotopic (exact) mass is 408 g/mol. The highest BCUT2D eigenvalue weighted by molar-refractivity contribution is 7.80. The summed E-state index contributed by atoms with van der Waals surface area (Å²) in [5.41, 5.74) is 2.18. The molecule has 2 aliphatic heterocycles. The topological polar surface area (TPSA) is 55.5 Å². The molecule has 150 valence electrons. The van der Waals surface area contributed by atoms with Crippen molar-refractivity contribution in [1.29, 1.82) is 0 Å². The van der Waals surface area contributed by atoms with Crippen LogP contribution in [-0.4, -0.2) is 32.3 Å². The molecule has 0 aromatic carbocycles. The molecule has 2 aliphatic rings. The first kappa shape index (κ1) is 18.4. The van der Waals surface area contributed by atoms with Crippen molar-refractivity contribution in [2.45, 2.75) is 44.1 Å². The molecule has 0 aliphatic carbocycles. The SMILES string of the molecule is S=C1N[C@@H](c2ccccn2)[C@H](c2cccn2C[C@@H]2CCCO2)N1Cc1ccco1. The van der Waals surface area contributed by atoms with Crippen molar-refractivity contribution in [2.75, 3.05) is 6.61 Å². The summed E-state index contributed by atoms with van der Waals surface area (Å²) in [6.45, 7) is 2.32. The third-order valence-corrected chi connectivity index (χ3v) is 6.05. The molecule has 0 saturated carbocycles. The Kier molecular flexibility index (Phi) is 5.08. The average Bonchev–Trinajstić information content (AvgIpc) is 3.53. The van der Waals surface area contributed by atoms with Crippen molar-refractivity contribution < 1.29 is 9.15 Å². The van der Waals surface area contributed by atoms with Gasteiger partial charge in [-0.25, -0.2) is 0 Å². The standard InChI is InChI=1S/C22H24N4O2S/c29-22-24-20(18-8-1-2-10-23-18)21(26(22)15-17-7-5-13-28-17)19-9-3-11-25(19)14-16-6-4-12-27-16/h1-3,5,7-11,13,16,20-21H,4,6,12,14-15H2,(H,24,29)/t16-,20-,21-/m0/s1. The third kappa shape index (κ3) is 3.68. The molecule has 3 atom stereocenters. The minimum atomic E-state index is -0.0307. The van der Waals surface area contributed by atoms with Gasteiger partial charge in [-0.15, -0.1) is 0 Å². The molecule has 0 spiro atoms. The maximum Gasteiger partial charge on any atom is 0.170 e. The van der Waals surface area contributed by atoms with E-state index in [0.717, 1.165) is 37.4 Å². The largest absolute Gasteiger partial charge is 0.467 e. The van der Waals surface area contributed by atoms with E-state index in [9.17, 15) is 0 Å². The normalized spacial score (nSPS) is 24.2. The van der Waals surface area contributed by atoms with Crippen LogP contribution in [0.15, 0.2) is 65.5 Å². The fourth-order valence-corrected chi connectivity index (χ4v) is 4.64. The van der Waals surface area contributed by atoms with Gasteiger partial charge in [0.15, 0.2) is 5.11 Å². The van der Waals surface area contributed by atoms with Crippen LogP contribution < -0.4 is 5.32 Å². The van der Waals surface area contributed by atoms with Gasteiger partial charge >= 0.3 is 0 Å². The molecule has 1 N–H and O–H groups in total. The molecular formula is C22H24N4O2S. The van der Waals surface area contributed by atoms with Gasteiger partial charge in [-0.3, -0.25) is 4.98 Å². The summed E-state index contributed by atoms with van der Waals surface area (Å²) in [5, 5.41) is 4.22. The van der Waals surface area contributed by atoms with E-state index in [2.05, 4.69) is 44.2 Å². The van der Waals surface area contributed by atoms with E-state index in [4.69, 9.17) is 21.4 Å². The van der Waals surface area contributed by atoms with E-state index in [-0.39, 0.29) is 18.2 Å². The summed E-state index contributed by atoms with van der Waals surface area (Å²) >= 11 is 5.74. The highest BCUT2D eigenvalue weighted by atomic mass is 32.1. The lowest BCUT2D eigenvalue weighted by atomic mass is 10.0. The highest BCUT2D eigenvalue weighted by Gasteiger charge is 2.41. The number of hydrogen-bond donors (Lipinski definition) is 1. The highest BCUT2D eigenvalue weighted by Crippen LogP contribution is 2.39. The van der Waals surface area contributed by atoms with Gasteiger partial charge < -0.3 is 23.9 Å². The van der Waals surface area contributed by atoms with Gasteiger partial charge in [-0.05, 0) is 61.5 Å². The van der Waals surface area contributed by atoms with E-state index in [0.29, 0.717) is 11.7 Å². The Hall–Kier alpha value is -2.64. The Morgan fingerprint density at radius 1 is 1.17 bits per heavy atom. The van der Waals surface area contributed by atoms with Crippen molar-refractivity contribution in [3.8, 4) is 0 Å². The molecule has 0 unspecified atom stereocenters. The minimum Gasteiger partial charge on any atom is -0.467 e. The Labute approximate surface area is 175 Å². The van der Waals surface area contributed by atoms with Crippen LogP contribution in [0.2, 0.25) is 0 Å². The zero-order valence-corrected chi connectivity index (χ0v) is 16.9. The number of pyridine rings is 1. The molecule has 0 amide bonds. The summed E-state index contributed by atoms with van der Waals surface area (Å²) in [7, 11) is 0. The second-order valence-corrected chi connectivity index (χ2v) is 7.94. The molecule has 29 heavy (non-hydrogen) atoms. The van der Waals surface area contributed by atoms with Gasteiger partial charge in [0.05, 0.1) is 36.7 Å². The van der Waals surface area contributed by atoms with Crippen molar-refractivity contribution in [1.82, 2.24) is 19.8 Å². The molecular weight excluding hydrogens is 384 g/mol. The van der Waals surface area contributed by atoms with Gasteiger partial charge in [0.2, 0.25) is 0 Å². The fraction of sp³-hybridized carbons (Fsp3) is 0.364. The van der Waals surface area contributed by atoms with Gasteiger partial charge in [-0.2, -0.15) is 0 Å². The predicted octanol–water partition coefficient (Wildman–Crippen LogP) is 3.83. The molecule has 0 bridgehead atoms. The quantitative estimate of drug-likeness (QED) is 0.626. The van der Waals surface area contributed by atoms with E-state index < -0.39 is 0 Å². The summed E-state index contributed by atoms with van der Waals surface area (Å²) in [6.07, 6.45) is 8.19. The second-order valence-electron chi connectivity index (χ2n) is 7.55. The molecule has 5 heterocycles. The summed E-state index contributed by atoms with van der Waals surface area (Å²) in [4.78, 5) is 6.82. The van der Waals surface area contributed by atoms with Crippen LogP contribution in [-0.2, 0) is 17.8 Å². The Morgan fingerprint density at radius 3 is 2.90 bits per heavy atom. The van der Waals surface area contributed by atoms with Crippen molar-refractivity contribution in [3.05, 3.63) is 78.3 Å². The molecule has 3 aromatic rings. The number of hydrogen-bond acceptors (Lipinski definition) is 4. The zero-order chi connectivity index (χ0) is 19.6. The Balaban J connectivity index is 1.51. The van der Waals surface area contributed by atoms with Gasteiger partial charge in [0.1, 0.15) is 5.76 Å². The van der Waals surface area contributed by atoms with E-state index in [1.165, 1.54) is 5.69 Å². The van der Waals surface area contributed by atoms with Crippen LogP contribution in [0, 0.1) is 0 Å². The van der Waals surface area contributed by atoms with Crippen LogP contribution >= 0.6 is 12.2 Å². The number of nitrogens with one attached hydrogen (secondary N) is 1. The molecule has 5 rings (SSSR count). The summed E-state index contributed by atoms with van der Waals surface area (Å²) in [5.74, 6) is 0.887.